The largest absolute Gasteiger partial charge is 0.489 e. The molecule has 5 heteroatoms. The van der Waals surface area contributed by atoms with Crippen LogP contribution in [0.3, 0.4) is 0 Å². The van der Waals surface area contributed by atoms with Gasteiger partial charge in [0.05, 0.1) is 12.6 Å². The van der Waals surface area contributed by atoms with Crippen molar-refractivity contribution in [2.45, 2.75) is 25.4 Å². The topological polar surface area (TPSA) is 61.8 Å². The number of benzene rings is 1. The molecule has 1 atom stereocenters. The van der Waals surface area contributed by atoms with Gasteiger partial charge in [0.15, 0.2) is 0 Å². The van der Waals surface area contributed by atoms with E-state index in [0.717, 1.165) is 24.2 Å². The van der Waals surface area contributed by atoms with Crippen molar-refractivity contribution in [1.29, 1.82) is 0 Å². The lowest BCUT2D eigenvalue weighted by Gasteiger charge is -2.23. The van der Waals surface area contributed by atoms with Gasteiger partial charge in [0.1, 0.15) is 12.4 Å². The summed E-state index contributed by atoms with van der Waals surface area (Å²) < 4.78 is 5.56. The molecule has 2 N–H and O–H groups in total. The second kappa shape index (κ2) is 7.69. The Morgan fingerprint density at radius 2 is 2.33 bits per heavy atom. The molecule has 5 nitrogen and oxygen atoms in total. The highest BCUT2D eigenvalue weighted by Gasteiger charge is 2.27. The molecule has 2 rings (SSSR count). The van der Waals surface area contributed by atoms with E-state index in [1.54, 1.807) is 11.0 Å². The zero-order chi connectivity index (χ0) is 15.1. The summed E-state index contributed by atoms with van der Waals surface area (Å²) >= 11 is 0. The highest BCUT2D eigenvalue weighted by atomic mass is 16.5. The number of nitrogens with zero attached hydrogens (tertiary/aromatic N) is 1. The summed E-state index contributed by atoms with van der Waals surface area (Å²) in [7, 11) is 0. The quantitative estimate of drug-likeness (QED) is 0.787. The number of nitrogens with one attached hydrogen (secondary N) is 1. The predicted octanol–water partition coefficient (Wildman–Crippen LogP) is 1.92. The lowest BCUT2D eigenvalue weighted by atomic mass is 10.2. The zero-order valence-electron chi connectivity index (χ0n) is 12.1. The van der Waals surface area contributed by atoms with Crippen molar-refractivity contribution in [3.05, 3.63) is 42.5 Å². The number of para-hydroxylation sites is 1. The van der Waals surface area contributed by atoms with E-state index in [4.69, 9.17) is 4.74 Å². The van der Waals surface area contributed by atoms with Crippen molar-refractivity contribution >= 4 is 6.03 Å². The van der Waals surface area contributed by atoms with Crippen LogP contribution < -0.4 is 10.1 Å². The molecule has 0 aromatic heterocycles. The summed E-state index contributed by atoms with van der Waals surface area (Å²) in [6.07, 6.45) is 3.49. The first-order valence-electron chi connectivity index (χ1n) is 7.23. The fraction of sp³-hybridized carbons (Fsp3) is 0.438. The lowest BCUT2D eigenvalue weighted by Crippen LogP contribution is -2.43. The number of aliphatic hydroxyl groups excluding tert-OH is 1. The maximum Gasteiger partial charge on any atom is 0.317 e. The first-order valence-corrected chi connectivity index (χ1v) is 7.23. The van der Waals surface area contributed by atoms with E-state index in [2.05, 4.69) is 11.9 Å². The molecule has 1 aliphatic rings. The second-order valence-electron chi connectivity index (χ2n) is 5.04. The summed E-state index contributed by atoms with van der Waals surface area (Å²) in [5.41, 5.74) is 0.924. The van der Waals surface area contributed by atoms with Gasteiger partial charge in [-0.2, -0.15) is 0 Å². The van der Waals surface area contributed by atoms with Crippen molar-refractivity contribution in [3.8, 4) is 5.75 Å². The van der Waals surface area contributed by atoms with Crippen LogP contribution in [-0.4, -0.2) is 41.8 Å². The fourth-order valence-electron chi connectivity index (χ4n) is 2.50. The lowest BCUT2D eigenvalue weighted by molar-refractivity contribution is 0.157. The van der Waals surface area contributed by atoms with Gasteiger partial charge in [0, 0.05) is 18.7 Å². The summed E-state index contributed by atoms with van der Waals surface area (Å²) in [5.74, 6) is 0.748. The number of hydrogen-bond acceptors (Lipinski definition) is 3. The number of rotatable bonds is 6. The van der Waals surface area contributed by atoms with E-state index >= 15 is 0 Å². The molecule has 1 fully saturated rings. The molecule has 21 heavy (non-hydrogen) atoms. The molecule has 0 bridgehead atoms. The van der Waals surface area contributed by atoms with Crippen LogP contribution >= 0.6 is 0 Å². The van der Waals surface area contributed by atoms with Gasteiger partial charge < -0.3 is 20.1 Å². The number of amides is 2. The molecular weight excluding hydrogens is 268 g/mol. The van der Waals surface area contributed by atoms with Crippen LogP contribution in [0.4, 0.5) is 4.79 Å². The Bertz CT molecular complexity index is 490. The monoisotopic (exact) mass is 290 g/mol. The standard InChI is InChI=1S/C16H22N2O3/c1-2-10-21-15-8-4-3-6-13(15)11-17-16(20)18-9-5-7-14(18)12-19/h2-4,6,8,14,19H,1,5,7,9-12H2,(H,17,20). The van der Waals surface area contributed by atoms with Crippen LogP contribution in [-0.2, 0) is 6.54 Å². The first kappa shape index (κ1) is 15.4. The number of carbonyl (C=O) groups is 1. The van der Waals surface area contributed by atoms with Gasteiger partial charge in [-0.25, -0.2) is 4.79 Å². The number of carbonyl (C=O) groups excluding carboxylic acids is 1. The third kappa shape index (κ3) is 3.98. The molecule has 1 aliphatic heterocycles. The van der Waals surface area contributed by atoms with Crippen molar-refractivity contribution in [2.24, 2.45) is 0 Å². The Balaban J connectivity index is 1.93. The molecule has 2 amide bonds. The summed E-state index contributed by atoms with van der Waals surface area (Å²) in [5, 5.41) is 12.2. The molecule has 1 saturated heterocycles. The van der Waals surface area contributed by atoms with Crippen LogP contribution in [0.5, 0.6) is 5.75 Å². The first-order chi connectivity index (χ1) is 10.3. The second-order valence-corrected chi connectivity index (χ2v) is 5.04. The number of likely N-dealkylation sites (tertiary alicyclic amines) is 1. The average Bonchev–Trinajstić information content (AvgIpc) is 3.00. The van der Waals surface area contributed by atoms with E-state index in [0.29, 0.717) is 19.7 Å². The highest BCUT2D eigenvalue weighted by molar-refractivity contribution is 5.75. The summed E-state index contributed by atoms with van der Waals surface area (Å²) in [4.78, 5) is 13.9. The molecule has 0 spiro atoms. The van der Waals surface area contributed by atoms with E-state index in [1.165, 1.54) is 0 Å². The van der Waals surface area contributed by atoms with Gasteiger partial charge in [-0.3, -0.25) is 0 Å². The molecule has 1 aromatic carbocycles. The predicted molar refractivity (Wildman–Crippen MR) is 81.2 cm³/mol. The van der Waals surface area contributed by atoms with Gasteiger partial charge in [-0.1, -0.05) is 30.9 Å². The molecule has 1 unspecified atom stereocenters. The van der Waals surface area contributed by atoms with Crippen molar-refractivity contribution in [3.63, 3.8) is 0 Å². The van der Waals surface area contributed by atoms with Gasteiger partial charge in [0.2, 0.25) is 0 Å². The molecule has 1 heterocycles. The summed E-state index contributed by atoms with van der Waals surface area (Å²) in [6, 6.07) is 7.41. The van der Waals surface area contributed by atoms with E-state index in [-0.39, 0.29) is 18.7 Å². The minimum atomic E-state index is -0.134. The zero-order valence-corrected chi connectivity index (χ0v) is 12.1. The smallest absolute Gasteiger partial charge is 0.317 e. The van der Waals surface area contributed by atoms with Crippen LogP contribution in [0.25, 0.3) is 0 Å². The normalized spacial score (nSPS) is 17.6. The Labute approximate surface area is 125 Å². The summed E-state index contributed by atoms with van der Waals surface area (Å²) in [6.45, 7) is 5.18. The average molecular weight is 290 g/mol. The molecule has 0 radical (unpaired) electrons. The third-order valence-electron chi connectivity index (χ3n) is 3.61. The number of urea groups is 1. The highest BCUT2D eigenvalue weighted by Crippen LogP contribution is 2.19. The minimum Gasteiger partial charge on any atom is -0.489 e. The molecule has 1 aromatic rings. The SMILES string of the molecule is C=CCOc1ccccc1CNC(=O)N1CCCC1CO. The fourth-order valence-corrected chi connectivity index (χ4v) is 2.50. The number of aliphatic hydroxyl groups is 1. The van der Waals surface area contributed by atoms with E-state index in [1.807, 2.05) is 24.3 Å². The van der Waals surface area contributed by atoms with Gasteiger partial charge in [0.25, 0.3) is 0 Å². The Hall–Kier alpha value is -2.01. The third-order valence-corrected chi connectivity index (χ3v) is 3.61. The van der Waals surface area contributed by atoms with Crippen LogP contribution in [0.15, 0.2) is 36.9 Å². The molecule has 0 saturated carbocycles. The maximum atomic E-state index is 12.2. The van der Waals surface area contributed by atoms with Gasteiger partial charge in [-0.15, -0.1) is 0 Å². The number of ether oxygens (including phenoxy) is 1. The minimum absolute atomic E-state index is 0.0203. The van der Waals surface area contributed by atoms with Gasteiger partial charge >= 0.3 is 6.03 Å². The van der Waals surface area contributed by atoms with Crippen LogP contribution in [0, 0.1) is 0 Å². The Morgan fingerprint density at radius 3 is 3.10 bits per heavy atom. The molecule has 0 aliphatic carbocycles. The number of hydrogen-bond donors (Lipinski definition) is 2. The maximum absolute atomic E-state index is 12.2. The Kier molecular flexibility index (Phi) is 5.63. The molecule has 114 valence electrons. The van der Waals surface area contributed by atoms with Crippen LogP contribution in [0.2, 0.25) is 0 Å². The van der Waals surface area contributed by atoms with Crippen molar-refractivity contribution in [2.75, 3.05) is 19.8 Å². The van der Waals surface area contributed by atoms with Crippen molar-refractivity contribution in [1.82, 2.24) is 10.2 Å². The molecular formula is C16H22N2O3. The van der Waals surface area contributed by atoms with Gasteiger partial charge in [-0.05, 0) is 18.9 Å². The van der Waals surface area contributed by atoms with Crippen LogP contribution in [0.1, 0.15) is 18.4 Å². The Morgan fingerprint density at radius 1 is 1.52 bits per heavy atom. The van der Waals surface area contributed by atoms with E-state index in [9.17, 15) is 9.90 Å². The van der Waals surface area contributed by atoms with E-state index < -0.39 is 0 Å². The van der Waals surface area contributed by atoms with Crippen molar-refractivity contribution < 1.29 is 14.6 Å².